The third-order valence-corrected chi connectivity index (χ3v) is 3.49. The summed E-state index contributed by atoms with van der Waals surface area (Å²) >= 11 is 0. The fourth-order valence-corrected chi connectivity index (χ4v) is 2.56. The molecule has 1 saturated carbocycles. The summed E-state index contributed by atoms with van der Waals surface area (Å²) in [5, 5.41) is 12.2. The van der Waals surface area contributed by atoms with Gasteiger partial charge in [0, 0.05) is 18.1 Å². The maximum Gasteiger partial charge on any atom is 0.239 e. The van der Waals surface area contributed by atoms with Crippen molar-refractivity contribution in [3.63, 3.8) is 0 Å². The normalized spacial score (nSPS) is 32.2. The molecule has 0 bridgehead atoms. The number of amides is 1. The number of aliphatic hydroxyl groups is 1. The molecule has 0 aromatic rings. The maximum atomic E-state index is 11.8. The Bertz CT molecular complexity index is 261. The number of aliphatic hydroxyl groups excluding tert-OH is 1. The van der Waals surface area contributed by atoms with Crippen LogP contribution in [-0.2, 0) is 4.79 Å². The number of carbonyl (C=O) groups is 1. The summed E-state index contributed by atoms with van der Waals surface area (Å²) in [7, 11) is 0. The van der Waals surface area contributed by atoms with E-state index in [2.05, 4.69) is 24.1 Å². The third-order valence-electron chi connectivity index (χ3n) is 3.49. The number of hydrogen-bond acceptors (Lipinski definition) is 3. The smallest absolute Gasteiger partial charge is 0.239 e. The van der Waals surface area contributed by atoms with Crippen LogP contribution in [0.5, 0.6) is 0 Å². The SMILES string of the molecule is CC1(C)CCNC(=O)C(CO)N1C1CC1. The molecule has 1 heterocycles. The Morgan fingerprint density at radius 3 is 2.73 bits per heavy atom. The van der Waals surface area contributed by atoms with Gasteiger partial charge in [-0.25, -0.2) is 0 Å². The summed E-state index contributed by atoms with van der Waals surface area (Å²) in [4.78, 5) is 14.0. The van der Waals surface area contributed by atoms with Gasteiger partial charge in [-0.1, -0.05) is 0 Å². The predicted octanol–water partition coefficient (Wildman–Crippen LogP) is 0.110. The van der Waals surface area contributed by atoms with E-state index in [0.29, 0.717) is 12.6 Å². The Hall–Kier alpha value is -0.610. The van der Waals surface area contributed by atoms with Gasteiger partial charge < -0.3 is 10.4 Å². The van der Waals surface area contributed by atoms with E-state index in [1.165, 1.54) is 0 Å². The molecule has 2 N–H and O–H groups in total. The average Bonchev–Trinajstić information content (AvgIpc) is 2.94. The maximum absolute atomic E-state index is 11.8. The molecule has 2 aliphatic rings. The van der Waals surface area contributed by atoms with E-state index >= 15 is 0 Å². The minimum atomic E-state index is -0.352. The van der Waals surface area contributed by atoms with Crippen LogP contribution in [0.2, 0.25) is 0 Å². The molecule has 1 aliphatic heterocycles. The molecule has 1 atom stereocenters. The van der Waals surface area contributed by atoms with Crippen molar-refractivity contribution in [1.82, 2.24) is 10.2 Å². The van der Waals surface area contributed by atoms with Crippen molar-refractivity contribution in [2.75, 3.05) is 13.2 Å². The molecule has 0 aromatic heterocycles. The lowest BCUT2D eigenvalue weighted by molar-refractivity contribution is -0.129. The topological polar surface area (TPSA) is 52.6 Å². The van der Waals surface area contributed by atoms with Crippen LogP contribution in [0.25, 0.3) is 0 Å². The zero-order valence-electron chi connectivity index (χ0n) is 9.49. The van der Waals surface area contributed by atoms with Gasteiger partial charge in [0.15, 0.2) is 0 Å². The lowest BCUT2D eigenvalue weighted by atomic mass is 9.96. The van der Waals surface area contributed by atoms with Crippen LogP contribution in [0.15, 0.2) is 0 Å². The zero-order valence-corrected chi connectivity index (χ0v) is 9.49. The number of carbonyl (C=O) groups excluding carboxylic acids is 1. The van der Waals surface area contributed by atoms with Gasteiger partial charge in [-0.2, -0.15) is 0 Å². The van der Waals surface area contributed by atoms with Gasteiger partial charge in [0.05, 0.1) is 6.61 Å². The number of nitrogens with zero attached hydrogens (tertiary/aromatic N) is 1. The second-order valence-corrected chi connectivity index (χ2v) is 5.19. The Labute approximate surface area is 90.6 Å². The molecule has 1 saturated heterocycles. The van der Waals surface area contributed by atoms with Crippen molar-refractivity contribution in [3.8, 4) is 0 Å². The molecule has 1 unspecified atom stereocenters. The molecule has 86 valence electrons. The van der Waals surface area contributed by atoms with E-state index in [4.69, 9.17) is 0 Å². The van der Waals surface area contributed by atoms with Crippen LogP contribution in [0, 0.1) is 0 Å². The third kappa shape index (κ3) is 2.01. The van der Waals surface area contributed by atoms with Gasteiger partial charge in [-0.05, 0) is 33.1 Å². The monoisotopic (exact) mass is 212 g/mol. The molecule has 0 spiro atoms. The van der Waals surface area contributed by atoms with Crippen molar-refractivity contribution in [2.24, 2.45) is 0 Å². The van der Waals surface area contributed by atoms with Crippen molar-refractivity contribution in [1.29, 1.82) is 0 Å². The summed E-state index contributed by atoms with van der Waals surface area (Å²) in [6.07, 6.45) is 3.27. The van der Waals surface area contributed by atoms with E-state index in [9.17, 15) is 9.90 Å². The van der Waals surface area contributed by atoms with Crippen LogP contribution in [-0.4, -0.2) is 46.7 Å². The van der Waals surface area contributed by atoms with Crippen LogP contribution in [0.3, 0.4) is 0 Å². The fourth-order valence-electron chi connectivity index (χ4n) is 2.56. The van der Waals surface area contributed by atoms with Crippen molar-refractivity contribution in [2.45, 2.75) is 50.7 Å². The molecule has 1 aliphatic carbocycles. The van der Waals surface area contributed by atoms with Gasteiger partial charge in [-0.15, -0.1) is 0 Å². The zero-order chi connectivity index (χ0) is 11.1. The van der Waals surface area contributed by atoms with Gasteiger partial charge in [0.2, 0.25) is 5.91 Å². The molecular weight excluding hydrogens is 192 g/mol. The standard InChI is InChI=1S/C11H20N2O2/c1-11(2)5-6-12-10(15)9(7-14)13(11)8-3-4-8/h8-9,14H,3-7H2,1-2H3,(H,12,15). The highest BCUT2D eigenvalue weighted by atomic mass is 16.3. The molecule has 2 fully saturated rings. The lowest BCUT2D eigenvalue weighted by Gasteiger charge is -2.40. The van der Waals surface area contributed by atoms with Crippen molar-refractivity contribution < 1.29 is 9.90 Å². The second-order valence-electron chi connectivity index (χ2n) is 5.19. The van der Waals surface area contributed by atoms with Crippen LogP contribution < -0.4 is 5.32 Å². The second kappa shape index (κ2) is 3.76. The van der Waals surface area contributed by atoms with Gasteiger partial charge in [0.25, 0.3) is 0 Å². The molecule has 0 aromatic carbocycles. The first-order chi connectivity index (χ1) is 7.06. The molecular formula is C11H20N2O2. The number of rotatable bonds is 2. The first-order valence-electron chi connectivity index (χ1n) is 5.73. The van der Waals surface area contributed by atoms with Crippen molar-refractivity contribution >= 4 is 5.91 Å². The highest BCUT2D eigenvalue weighted by Gasteiger charge is 2.45. The van der Waals surface area contributed by atoms with Gasteiger partial charge in [-0.3, -0.25) is 9.69 Å². The predicted molar refractivity (Wildman–Crippen MR) is 57.4 cm³/mol. The summed E-state index contributed by atoms with van der Waals surface area (Å²) < 4.78 is 0. The Morgan fingerprint density at radius 2 is 2.20 bits per heavy atom. The number of hydrogen-bond donors (Lipinski definition) is 2. The van der Waals surface area contributed by atoms with E-state index < -0.39 is 0 Å². The average molecular weight is 212 g/mol. The largest absolute Gasteiger partial charge is 0.394 e. The molecule has 2 rings (SSSR count). The van der Waals surface area contributed by atoms with Crippen molar-refractivity contribution in [3.05, 3.63) is 0 Å². The molecule has 1 amide bonds. The Kier molecular flexibility index (Phi) is 2.73. The van der Waals surface area contributed by atoms with Crippen LogP contribution >= 0.6 is 0 Å². The van der Waals surface area contributed by atoms with E-state index in [1.54, 1.807) is 0 Å². The summed E-state index contributed by atoms with van der Waals surface area (Å²) in [6.45, 7) is 4.96. The van der Waals surface area contributed by atoms with Gasteiger partial charge in [0.1, 0.15) is 6.04 Å². The molecule has 4 nitrogen and oxygen atoms in total. The lowest BCUT2D eigenvalue weighted by Crippen LogP contribution is -2.55. The minimum absolute atomic E-state index is 0.00766. The minimum Gasteiger partial charge on any atom is -0.394 e. The first-order valence-corrected chi connectivity index (χ1v) is 5.73. The quantitative estimate of drug-likeness (QED) is 0.683. The first kappa shape index (κ1) is 10.9. The van der Waals surface area contributed by atoms with Gasteiger partial charge >= 0.3 is 0 Å². The highest BCUT2D eigenvalue weighted by Crippen LogP contribution is 2.37. The highest BCUT2D eigenvalue weighted by molar-refractivity contribution is 5.82. The molecule has 15 heavy (non-hydrogen) atoms. The Balaban J connectivity index is 2.25. The van der Waals surface area contributed by atoms with E-state index in [-0.39, 0.29) is 24.1 Å². The van der Waals surface area contributed by atoms with E-state index in [0.717, 1.165) is 19.3 Å². The summed E-state index contributed by atoms with van der Waals surface area (Å²) in [5.41, 5.74) is 0.00766. The van der Waals surface area contributed by atoms with Crippen LogP contribution in [0.1, 0.15) is 33.1 Å². The Morgan fingerprint density at radius 1 is 1.53 bits per heavy atom. The fraction of sp³-hybridized carbons (Fsp3) is 0.909. The number of nitrogens with one attached hydrogen (secondary N) is 1. The van der Waals surface area contributed by atoms with Crippen LogP contribution in [0.4, 0.5) is 0 Å². The molecule has 0 radical (unpaired) electrons. The molecule has 4 heteroatoms. The van der Waals surface area contributed by atoms with E-state index in [1.807, 2.05) is 0 Å². The summed E-state index contributed by atoms with van der Waals surface area (Å²) in [6, 6.07) is 0.149. The summed E-state index contributed by atoms with van der Waals surface area (Å²) in [5.74, 6) is -0.0185.